The van der Waals surface area contributed by atoms with Gasteiger partial charge in [0.05, 0.1) is 13.6 Å². The molecule has 0 unspecified atom stereocenters. The molecule has 2 nitrogen and oxygen atoms in total. The van der Waals surface area contributed by atoms with Gasteiger partial charge in [-0.05, 0) is 6.42 Å². The van der Waals surface area contributed by atoms with Crippen LogP contribution in [0.25, 0.3) is 0 Å². The fourth-order valence-electron chi connectivity index (χ4n) is 1.21. The first-order valence-electron chi connectivity index (χ1n) is 4.65. The van der Waals surface area contributed by atoms with E-state index in [1.54, 1.807) is 0 Å². The quantitative estimate of drug-likeness (QED) is 0.563. The van der Waals surface area contributed by atoms with Gasteiger partial charge in [0.15, 0.2) is 0 Å². The second-order valence-electron chi connectivity index (χ2n) is 3.29. The topological polar surface area (TPSA) is 6.25 Å². The molecule has 15 heavy (non-hydrogen) atoms. The predicted octanol–water partition coefficient (Wildman–Crippen LogP) is 3.53. The molecule has 0 fully saturated rings. The molecule has 0 N–H and O–H groups in total. The van der Waals surface area contributed by atoms with Crippen molar-refractivity contribution < 1.29 is 13.8 Å². The van der Waals surface area contributed by atoms with Gasteiger partial charge in [-0.1, -0.05) is 13.3 Å². The van der Waals surface area contributed by atoms with E-state index in [0.717, 1.165) is 0 Å². The summed E-state index contributed by atoms with van der Waals surface area (Å²) in [7, 11) is 19.3. The van der Waals surface area contributed by atoms with Crippen molar-refractivity contribution in [3.63, 3.8) is 0 Å². The van der Waals surface area contributed by atoms with Crippen LogP contribution in [0.15, 0.2) is 0 Å². The molecular weight excluding hydrogens is 322 g/mol. The maximum absolute atomic E-state index is 4.95. The van der Waals surface area contributed by atoms with Crippen LogP contribution in [0.4, 0.5) is 0 Å². The summed E-state index contributed by atoms with van der Waals surface area (Å²) in [5.41, 5.74) is 0. The average Bonchev–Trinajstić information content (AvgIpc) is 2.45. The number of hydrogen-bond donors (Lipinski definition) is 0. The normalized spacial score (nSPS) is 16.9. The van der Waals surface area contributed by atoms with Gasteiger partial charge >= 0.3 is 49.6 Å². The molecule has 0 aromatic rings. The summed E-state index contributed by atoms with van der Waals surface area (Å²) < 4.78 is 2.25. The van der Waals surface area contributed by atoms with E-state index >= 15 is 0 Å². The van der Waals surface area contributed by atoms with Crippen LogP contribution in [-0.2, 0) is 9.20 Å². The van der Waals surface area contributed by atoms with Crippen LogP contribution in [0.3, 0.4) is 0 Å². The Morgan fingerprint density at radius 2 is 1.87 bits per heavy atom. The first kappa shape index (κ1) is 16.1. The van der Waals surface area contributed by atoms with Crippen molar-refractivity contribution in [3.8, 4) is 0 Å². The van der Waals surface area contributed by atoms with Crippen LogP contribution < -0.4 is 0 Å². The molecule has 0 saturated carbocycles. The third-order valence-electron chi connectivity index (χ3n) is 1.90. The number of unbranched alkanes of at least 4 members (excludes halogenated alkanes) is 1. The van der Waals surface area contributed by atoms with Crippen LogP contribution in [0.1, 0.15) is 19.8 Å². The first-order chi connectivity index (χ1) is 6.83. The molecule has 1 aliphatic heterocycles. The third-order valence-corrected chi connectivity index (χ3v) is 1.90. The van der Waals surface area contributed by atoms with Crippen molar-refractivity contribution in [1.29, 1.82) is 0 Å². The Bertz CT molecular complexity index is 199. The summed E-state index contributed by atoms with van der Waals surface area (Å²) in [5, 5.41) is 0. The summed E-state index contributed by atoms with van der Waals surface area (Å²) in [6.07, 6.45) is 4.84. The molecule has 0 radical (unpaired) electrons. The Kier molecular flexibility index (Phi) is 8.90. The second-order valence-corrected chi connectivity index (χ2v) is 14.2. The van der Waals surface area contributed by atoms with Gasteiger partial charge in [0.1, 0.15) is 13.1 Å². The van der Waals surface area contributed by atoms with E-state index in [4.69, 9.17) is 40.4 Å². The van der Waals surface area contributed by atoms with Crippen LogP contribution in [0.2, 0.25) is 0 Å². The molecule has 7 heteroatoms. The number of hydrogen-bond acceptors (Lipinski definition) is 1. The molecule has 0 aliphatic carbocycles. The van der Waals surface area contributed by atoms with Crippen LogP contribution in [0, 0.1) is 0 Å². The Balaban J connectivity index is 0.000000336. The maximum atomic E-state index is 4.95. The summed E-state index contributed by atoms with van der Waals surface area (Å²) in [6.45, 7) is 5.89. The molecule has 95 valence electrons. The summed E-state index contributed by atoms with van der Waals surface area (Å²) in [5.74, 6) is 0. The summed E-state index contributed by atoms with van der Waals surface area (Å²) >= 11 is 0. The van der Waals surface area contributed by atoms with Gasteiger partial charge in [-0.2, -0.15) is 0 Å². The number of halogens is 4. The van der Waals surface area contributed by atoms with E-state index in [0.29, 0.717) is 0 Å². The third kappa shape index (κ3) is 13.1. The molecule has 1 aliphatic rings. The molecule has 1 heterocycles. The zero-order valence-corrected chi connectivity index (χ0v) is 13.0. The van der Waals surface area contributed by atoms with Crippen LogP contribution in [0.5, 0.6) is 0 Å². The van der Waals surface area contributed by atoms with Gasteiger partial charge in [0.25, 0.3) is 0 Å². The fraction of sp³-hybridized carbons (Fsp3) is 0.875. The van der Waals surface area contributed by atoms with E-state index in [-0.39, 0.29) is 0 Å². The van der Waals surface area contributed by atoms with Crippen molar-refractivity contribution >= 4 is 46.7 Å². The molecule has 0 atom stereocenters. The Morgan fingerprint density at radius 3 is 2.20 bits per heavy atom. The van der Waals surface area contributed by atoms with E-state index in [1.807, 2.05) is 0 Å². The van der Waals surface area contributed by atoms with E-state index in [1.165, 1.54) is 32.5 Å². The molecule has 0 aromatic heterocycles. The van der Waals surface area contributed by atoms with Gasteiger partial charge in [-0.15, -0.1) is 0 Å². The fourth-order valence-corrected chi connectivity index (χ4v) is 1.21. The Labute approximate surface area is 111 Å². The zero-order chi connectivity index (χ0) is 11.9. The van der Waals surface area contributed by atoms with Crippen LogP contribution in [-0.4, -0.2) is 42.5 Å². The van der Waals surface area contributed by atoms with E-state index in [2.05, 4.69) is 29.8 Å². The van der Waals surface area contributed by atoms with Crippen molar-refractivity contribution in [3.05, 3.63) is 0 Å². The monoisotopic (exact) mass is 337 g/mol. The number of nitrogens with zero attached hydrogens (tertiary/aromatic N) is 2. The van der Waals surface area contributed by atoms with Crippen molar-refractivity contribution in [2.75, 3.05) is 26.7 Å². The predicted molar refractivity (Wildman–Crippen MR) is 67.0 cm³/mol. The standard InChI is InChI=1S/C8H17N2.4ClH.Fe/c1-3-4-5-10-7-6-9(2)8-10;;;;;/h8H,3-7H2,1-2H3;4*1H;/q+1;;;;;+3/p-4. The summed E-state index contributed by atoms with van der Waals surface area (Å²) in [6, 6.07) is 0. The van der Waals surface area contributed by atoms with E-state index in [9.17, 15) is 0 Å². The van der Waals surface area contributed by atoms with E-state index < -0.39 is 9.20 Å². The molecule has 1 rings (SSSR count). The van der Waals surface area contributed by atoms with Gasteiger partial charge in [-0.25, -0.2) is 0 Å². The summed E-state index contributed by atoms with van der Waals surface area (Å²) in [4.78, 5) is 2.39. The minimum atomic E-state index is -2.61. The molecular formula is C8H17Cl4FeN2. The van der Waals surface area contributed by atoms with Crippen molar-refractivity contribution in [2.24, 2.45) is 0 Å². The average molecular weight is 339 g/mol. The zero-order valence-electron chi connectivity index (χ0n) is 8.87. The molecule has 0 saturated heterocycles. The van der Waals surface area contributed by atoms with Gasteiger partial charge < -0.3 is 0 Å². The Hall–Kier alpha value is 1.15. The molecule has 0 aromatic carbocycles. The first-order valence-corrected chi connectivity index (χ1v) is 10.7. The minimum absolute atomic E-state index is 1.20. The number of rotatable bonds is 3. The number of likely N-dealkylation sites (N-methyl/N-ethyl adjacent to an activating group) is 1. The molecule has 0 bridgehead atoms. The van der Waals surface area contributed by atoms with Crippen molar-refractivity contribution in [1.82, 2.24) is 4.90 Å². The molecule has 0 amide bonds. The van der Waals surface area contributed by atoms with Gasteiger partial charge in [-0.3, -0.25) is 9.48 Å². The van der Waals surface area contributed by atoms with Crippen molar-refractivity contribution in [2.45, 2.75) is 19.8 Å². The second kappa shape index (κ2) is 8.27. The van der Waals surface area contributed by atoms with Crippen LogP contribution >= 0.6 is 40.4 Å². The van der Waals surface area contributed by atoms with Gasteiger partial charge in [0, 0.05) is 0 Å². The SMILES string of the molecule is CCCCN1C=[N+](C)CC1.[Cl][Fe-]([Cl])([Cl])[Cl]. The Morgan fingerprint density at radius 1 is 1.33 bits per heavy atom. The van der Waals surface area contributed by atoms with Gasteiger partial charge in [0.2, 0.25) is 6.34 Å². The molecule has 0 spiro atoms.